The minimum Gasteiger partial charge on any atom is -0.321 e. The first-order chi connectivity index (χ1) is 7.71. The van der Waals surface area contributed by atoms with Gasteiger partial charge in [0.05, 0.1) is 0 Å². The summed E-state index contributed by atoms with van der Waals surface area (Å²) in [6.07, 6.45) is 0. The number of halogens is 4. The number of rotatable bonds is 4. The van der Waals surface area contributed by atoms with Crippen LogP contribution in [-0.4, -0.2) is 15.7 Å². The molecule has 0 unspecified atom stereocenters. The normalized spacial score (nSPS) is 15.7. The van der Waals surface area contributed by atoms with E-state index in [1.165, 1.54) is 11.6 Å². The lowest BCUT2D eigenvalue weighted by Gasteiger charge is -2.36. The molecule has 1 rings (SSSR count). The fraction of sp³-hybridized carbons (Fsp3) is 0.400. The molecule has 1 aromatic carbocycles. The first kappa shape index (κ1) is 15.5. The number of alkyl halides is 4. The largest absolute Gasteiger partial charge is 0.321 e. The van der Waals surface area contributed by atoms with Gasteiger partial charge in [-0.05, 0) is 19.1 Å². The Morgan fingerprint density at radius 2 is 1.71 bits per heavy atom. The molecule has 0 saturated heterocycles. The number of anilines is 1. The number of benzene rings is 1. The van der Waals surface area contributed by atoms with Gasteiger partial charge in [-0.1, -0.05) is 64.6 Å². The maximum atomic E-state index is 12.8. The fourth-order valence-electron chi connectivity index (χ4n) is 1.38. The molecule has 0 fully saturated rings. The van der Waals surface area contributed by atoms with E-state index in [2.05, 4.69) is 0 Å². The molecular formula is C10H12Cl4NOP. The summed E-state index contributed by atoms with van der Waals surface area (Å²) >= 11 is 23.6. The predicted molar refractivity (Wildman–Crippen MR) is 78.1 cm³/mol. The summed E-state index contributed by atoms with van der Waals surface area (Å²) < 4.78 is 11.6. The molecule has 17 heavy (non-hydrogen) atoms. The Hall–Kier alpha value is 0.410. The van der Waals surface area contributed by atoms with Gasteiger partial charge in [0.2, 0.25) is 7.29 Å². The average Bonchev–Trinajstić information content (AvgIpc) is 2.26. The molecule has 0 N–H and O–H groups in total. The smallest absolute Gasteiger partial charge is 0.238 e. The van der Waals surface area contributed by atoms with Gasteiger partial charge in [0, 0.05) is 12.7 Å². The first-order valence-corrected chi connectivity index (χ1v) is 8.12. The Kier molecular flexibility index (Phi) is 5.08. The molecule has 0 amide bonds. The highest BCUT2D eigenvalue weighted by Crippen LogP contribution is 2.70. The van der Waals surface area contributed by atoms with Crippen LogP contribution in [0.1, 0.15) is 6.92 Å². The molecule has 0 aliphatic carbocycles. The van der Waals surface area contributed by atoms with Crippen molar-refractivity contribution in [2.24, 2.45) is 0 Å². The zero-order chi connectivity index (χ0) is 13.3. The molecule has 0 aliphatic rings. The summed E-state index contributed by atoms with van der Waals surface area (Å²) in [7, 11) is -1.78. The highest BCUT2D eigenvalue weighted by molar-refractivity contribution is 7.74. The quantitative estimate of drug-likeness (QED) is 0.549. The van der Waals surface area contributed by atoms with Crippen LogP contribution in [0.3, 0.4) is 0 Å². The van der Waals surface area contributed by atoms with Gasteiger partial charge in [-0.25, -0.2) is 0 Å². The zero-order valence-corrected chi connectivity index (χ0v) is 13.2. The van der Waals surface area contributed by atoms with Crippen LogP contribution < -0.4 is 4.67 Å². The maximum absolute atomic E-state index is 12.8. The van der Waals surface area contributed by atoms with Gasteiger partial charge in [0.25, 0.3) is 0 Å². The van der Waals surface area contributed by atoms with Crippen molar-refractivity contribution in [1.82, 2.24) is 0 Å². The van der Waals surface area contributed by atoms with Crippen molar-refractivity contribution in [2.45, 2.75) is 15.6 Å². The van der Waals surface area contributed by atoms with Crippen LogP contribution in [0.25, 0.3) is 0 Å². The van der Waals surface area contributed by atoms with Crippen LogP contribution >= 0.6 is 53.7 Å². The molecule has 0 heterocycles. The standard InChI is InChI=1S/C10H12Cl4NOP/c1-10(13,14)17(16,9(11)12)15(2)8-6-4-3-5-7-8/h3-7,9H,1-2H3/t17-/m0/s1. The predicted octanol–water partition coefficient (Wildman–Crippen LogP) is 5.31. The highest BCUT2D eigenvalue weighted by Gasteiger charge is 2.50. The molecule has 1 aromatic rings. The summed E-state index contributed by atoms with van der Waals surface area (Å²) in [6.45, 7) is 1.42. The first-order valence-electron chi connectivity index (χ1n) is 4.76. The van der Waals surface area contributed by atoms with E-state index in [4.69, 9.17) is 46.4 Å². The Balaban J connectivity index is 3.23. The van der Waals surface area contributed by atoms with Crippen LogP contribution in [-0.2, 0) is 4.57 Å². The van der Waals surface area contributed by atoms with Gasteiger partial charge >= 0.3 is 0 Å². The van der Waals surface area contributed by atoms with Crippen molar-refractivity contribution < 1.29 is 4.57 Å². The van der Waals surface area contributed by atoms with Gasteiger partial charge in [-0.15, -0.1) is 0 Å². The summed E-state index contributed by atoms with van der Waals surface area (Å²) in [5.74, 6) is 0. The SMILES string of the molecule is CN(c1ccccc1)[P@](=O)(C(Cl)Cl)C(C)(Cl)Cl. The second-order valence-corrected chi connectivity index (χ2v) is 10.8. The Labute approximate surface area is 121 Å². The van der Waals surface area contributed by atoms with Crippen LogP contribution in [0.5, 0.6) is 0 Å². The third-order valence-corrected chi connectivity index (χ3v) is 8.22. The van der Waals surface area contributed by atoms with Crippen molar-refractivity contribution in [3.63, 3.8) is 0 Å². The van der Waals surface area contributed by atoms with Crippen molar-refractivity contribution in [2.75, 3.05) is 11.7 Å². The molecule has 96 valence electrons. The van der Waals surface area contributed by atoms with Crippen molar-refractivity contribution in [3.8, 4) is 0 Å². The van der Waals surface area contributed by atoms with E-state index in [0.717, 1.165) is 0 Å². The van der Waals surface area contributed by atoms with Gasteiger partial charge < -0.3 is 4.67 Å². The van der Waals surface area contributed by atoms with Gasteiger partial charge in [-0.3, -0.25) is 4.57 Å². The van der Waals surface area contributed by atoms with Crippen molar-refractivity contribution in [1.29, 1.82) is 0 Å². The van der Waals surface area contributed by atoms with Gasteiger partial charge in [-0.2, -0.15) is 0 Å². The molecular weight excluding hydrogens is 323 g/mol. The molecule has 0 spiro atoms. The average molecular weight is 335 g/mol. The molecule has 0 bridgehead atoms. The van der Waals surface area contributed by atoms with E-state index in [1.807, 2.05) is 18.2 Å². The molecule has 0 aromatic heterocycles. The fourth-order valence-corrected chi connectivity index (χ4v) is 6.81. The lowest BCUT2D eigenvalue weighted by molar-refractivity contribution is 0.571. The summed E-state index contributed by atoms with van der Waals surface area (Å²) in [5.41, 5.74) is 0.689. The molecule has 0 radical (unpaired) electrons. The lowest BCUT2D eigenvalue weighted by atomic mass is 10.3. The Morgan fingerprint density at radius 3 is 2.06 bits per heavy atom. The molecule has 0 saturated carbocycles. The topological polar surface area (TPSA) is 20.3 Å². The molecule has 2 nitrogen and oxygen atoms in total. The molecule has 0 aliphatic heterocycles. The van der Waals surface area contributed by atoms with Gasteiger partial charge in [0.1, 0.15) is 0 Å². The van der Waals surface area contributed by atoms with E-state index in [9.17, 15) is 4.57 Å². The summed E-state index contributed by atoms with van der Waals surface area (Å²) in [4.78, 5) is 0. The van der Waals surface area contributed by atoms with Crippen molar-refractivity contribution >= 4 is 59.4 Å². The number of hydrogen-bond donors (Lipinski definition) is 0. The van der Waals surface area contributed by atoms with Crippen LogP contribution in [0, 0.1) is 0 Å². The van der Waals surface area contributed by atoms with E-state index >= 15 is 0 Å². The van der Waals surface area contributed by atoms with E-state index in [1.54, 1.807) is 19.2 Å². The van der Waals surface area contributed by atoms with Crippen LogP contribution in [0.4, 0.5) is 5.69 Å². The maximum Gasteiger partial charge on any atom is 0.238 e. The van der Waals surface area contributed by atoms with Crippen LogP contribution in [0.15, 0.2) is 30.3 Å². The zero-order valence-electron chi connectivity index (χ0n) is 9.28. The minimum atomic E-state index is -3.39. The Morgan fingerprint density at radius 1 is 1.24 bits per heavy atom. The lowest BCUT2D eigenvalue weighted by Crippen LogP contribution is -2.27. The summed E-state index contributed by atoms with van der Waals surface area (Å²) in [6, 6.07) is 9.03. The van der Waals surface area contributed by atoms with E-state index in [0.29, 0.717) is 5.69 Å². The number of hydrogen-bond acceptors (Lipinski definition) is 1. The second kappa shape index (κ2) is 5.59. The van der Waals surface area contributed by atoms with E-state index < -0.39 is 15.9 Å². The van der Waals surface area contributed by atoms with Crippen LogP contribution in [0.2, 0.25) is 0 Å². The minimum absolute atomic E-state index is 0.689. The Bertz CT molecular complexity index is 418. The summed E-state index contributed by atoms with van der Waals surface area (Å²) in [5, 5.41) is 0. The molecule has 1 atom stereocenters. The number of nitrogens with zero attached hydrogens (tertiary/aromatic N) is 1. The molecule has 7 heteroatoms. The van der Waals surface area contributed by atoms with Gasteiger partial charge in [0.15, 0.2) is 8.65 Å². The third-order valence-electron chi connectivity index (χ3n) is 2.40. The van der Waals surface area contributed by atoms with Crippen molar-refractivity contribution in [3.05, 3.63) is 30.3 Å². The number of para-hydroxylation sites is 1. The highest BCUT2D eigenvalue weighted by atomic mass is 35.5. The monoisotopic (exact) mass is 333 g/mol. The third kappa shape index (κ3) is 3.05. The van der Waals surface area contributed by atoms with E-state index in [-0.39, 0.29) is 0 Å². The second-order valence-electron chi connectivity index (χ2n) is 3.60.